The quantitative estimate of drug-likeness (QED) is 0.832. The van der Waals surface area contributed by atoms with Gasteiger partial charge in [-0.1, -0.05) is 18.6 Å². The normalized spacial score (nSPS) is 21.5. The van der Waals surface area contributed by atoms with Crippen LogP contribution in [0.15, 0.2) is 24.3 Å². The van der Waals surface area contributed by atoms with Crippen LogP contribution in [0, 0.1) is 12.8 Å². The Balaban J connectivity index is 1.49. The van der Waals surface area contributed by atoms with Crippen molar-refractivity contribution < 1.29 is 4.79 Å². The number of fused-ring (bicyclic) bond motifs is 1. The molecule has 1 aromatic carbocycles. The Kier molecular flexibility index (Phi) is 4.96. The molecule has 1 aliphatic rings. The summed E-state index contributed by atoms with van der Waals surface area (Å²) < 4.78 is 2.22. The lowest BCUT2D eigenvalue weighted by Gasteiger charge is -2.25. The zero-order valence-corrected chi connectivity index (χ0v) is 13.8. The van der Waals surface area contributed by atoms with Gasteiger partial charge in [-0.25, -0.2) is 4.98 Å². The molecule has 1 saturated carbocycles. The van der Waals surface area contributed by atoms with Crippen LogP contribution in [0.4, 0.5) is 0 Å². The number of carbonyl (C=O) groups is 1. The van der Waals surface area contributed by atoms with E-state index in [1.54, 1.807) is 0 Å². The molecule has 23 heavy (non-hydrogen) atoms. The predicted octanol–water partition coefficient (Wildman–Crippen LogP) is 2.37. The first kappa shape index (κ1) is 16.0. The summed E-state index contributed by atoms with van der Waals surface area (Å²) in [4.78, 5) is 16.8. The Morgan fingerprint density at radius 3 is 3.04 bits per heavy atom. The number of aryl methyl sites for hydroxylation is 2. The molecule has 3 N–H and O–H groups in total. The van der Waals surface area contributed by atoms with Crippen molar-refractivity contribution in [2.24, 2.45) is 11.7 Å². The van der Waals surface area contributed by atoms with Crippen molar-refractivity contribution in [1.82, 2.24) is 14.9 Å². The minimum Gasteiger partial charge on any atom is -0.356 e. The zero-order valence-electron chi connectivity index (χ0n) is 13.8. The number of amides is 1. The number of rotatable bonds is 5. The van der Waals surface area contributed by atoms with Crippen LogP contribution in [0.25, 0.3) is 11.0 Å². The van der Waals surface area contributed by atoms with Crippen molar-refractivity contribution in [3.63, 3.8) is 0 Å². The molecule has 1 amide bonds. The fourth-order valence-corrected chi connectivity index (χ4v) is 3.54. The van der Waals surface area contributed by atoms with Crippen LogP contribution < -0.4 is 11.1 Å². The second kappa shape index (κ2) is 7.13. The third-order valence-electron chi connectivity index (χ3n) is 4.79. The van der Waals surface area contributed by atoms with E-state index in [-0.39, 0.29) is 17.9 Å². The van der Waals surface area contributed by atoms with E-state index < -0.39 is 0 Å². The Morgan fingerprint density at radius 1 is 1.39 bits per heavy atom. The van der Waals surface area contributed by atoms with Crippen LogP contribution in [-0.4, -0.2) is 28.0 Å². The summed E-state index contributed by atoms with van der Waals surface area (Å²) in [5, 5.41) is 3.07. The maximum absolute atomic E-state index is 12.2. The summed E-state index contributed by atoms with van der Waals surface area (Å²) in [5.74, 6) is 1.30. The number of nitrogens with zero attached hydrogens (tertiary/aromatic N) is 2. The van der Waals surface area contributed by atoms with Gasteiger partial charge in [0, 0.05) is 25.0 Å². The molecule has 0 saturated heterocycles. The van der Waals surface area contributed by atoms with Gasteiger partial charge in [-0.05, 0) is 44.7 Å². The molecular formula is C18H26N4O. The van der Waals surface area contributed by atoms with Gasteiger partial charge in [0.2, 0.25) is 5.91 Å². The van der Waals surface area contributed by atoms with Crippen molar-refractivity contribution in [2.45, 2.75) is 51.6 Å². The molecule has 1 heterocycles. The van der Waals surface area contributed by atoms with Crippen LogP contribution in [0.5, 0.6) is 0 Å². The first-order valence-electron chi connectivity index (χ1n) is 8.60. The van der Waals surface area contributed by atoms with Crippen molar-refractivity contribution in [1.29, 1.82) is 0 Å². The first-order valence-corrected chi connectivity index (χ1v) is 8.60. The average Bonchev–Trinajstić information content (AvgIpc) is 2.87. The van der Waals surface area contributed by atoms with Gasteiger partial charge in [-0.2, -0.15) is 0 Å². The Hall–Kier alpha value is -1.88. The Labute approximate surface area is 137 Å². The predicted molar refractivity (Wildman–Crippen MR) is 92.0 cm³/mol. The largest absolute Gasteiger partial charge is 0.356 e. The molecule has 0 bridgehead atoms. The van der Waals surface area contributed by atoms with E-state index in [1.807, 2.05) is 25.1 Å². The van der Waals surface area contributed by atoms with E-state index in [0.717, 1.165) is 55.5 Å². The number of imidazole rings is 1. The van der Waals surface area contributed by atoms with Crippen molar-refractivity contribution in [2.75, 3.05) is 6.54 Å². The van der Waals surface area contributed by atoms with Gasteiger partial charge in [0.05, 0.1) is 11.0 Å². The standard InChI is InChI=1S/C18H26N4O/c1-13-21-16-8-2-3-9-17(16)22(13)11-5-10-20-18(23)14-6-4-7-15(19)12-14/h2-3,8-9,14-15H,4-7,10-12,19H2,1H3,(H,20,23). The van der Waals surface area contributed by atoms with E-state index in [2.05, 4.69) is 20.9 Å². The van der Waals surface area contributed by atoms with Crippen molar-refractivity contribution in [3.8, 4) is 0 Å². The molecule has 5 nitrogen and oxygen atoms in total. The topological polar surface area (TPSA) is 72.9 Å². The van der Waals surface area contributed by atoms with Crippen LogP contribution >= 0.6 is 0 Å². The Bertz CT molecular complexity index is 679. The second-order valence-corrected chi connectivity index (χ2v) is 6.57. The molecule has 2 aromatic rings. The average molecular weight is 314 g/mol. The van der Waals surface area contributed by atoms with Gasteiger partial charge in [0.25, 0.3) is 0 Å². The monoisotopic (exact) mass is 314 g/mol. The van der Waals surface area contributed by atoms with Gasteiger partial charge >= 0.3 is 0 Å². The van der Waals surface area contributed by atoms with E-state index in [0.29, 0.717) is 6.54 Å². The molecule has 1 aliphatic carbocycles. The first-order chi connectivity index (χ1) is 11.1. The third kappa shape index (κ3) is 3.72. The number of nitrogens with two attached hydrogens (primary N) is 1. The molecule has 1 aromatic heterocycles. The number of carbonyl (C=O) groups excluding carboxylic acids is 1. The highest BCUT2D eigenvalue weighted by molar-refractivity contribution is 5.78. The molecule has 1 fully saturated rings. The third-order valence-corrected chi connectivity index (χ3v) is 4.79. The van der Waals surface area contributed by atoms with Gasteiger partial charge in [-0.3, -0.25) is 4.79 Å². The van der Waals surface area contributed by atoms with E-state index >= 15 is 0 Å². The number of aromatic nitrogens is 2. The maximum Gasteiger partial charge on any atom is 0.223 e. The number of hydrogen-bond acceptors (Lipinski definition) is 3. The summed E-state index contributed by atoms with van der Waals surface area (Å²) >= 11 is 0. The zero-order chi connectivity index (χ0) is 16.2. The van der Waals surface area contributed by atoms with E-state index in [1.165, 1.54) is 0 Å². The number of para-hydroxylation sites is 2. The van der Waals surface area contributed by atoms with Crippen molar-refractivity contribution in [3.05, 3.63) is 30.1 Å². The van der Waals surface area contributed by atoms with Crippen LogP contribution in [0.2, 0.25) is 0 Å². The van der Waals surface area contributed by atoms with Crippen LogP contribution in [0.1, 0.15) is 37.9 Å². The Morgan fingerprint density at radius 2 is 2.22 bits per heavy atom. The molecule has 2 atom stereocenters. The van der Waals surface area contributed by atoms with Crippen LogP contribution in [0.3, 0.4) is 0 Å². The lowest BCUT2D eigenvalue weighted by molar-refractivity contribution is -0.126. The summed E-state index contributed by atoms with van der Waals surface area (Å²) in [6.45, 7) is 3.61. The maximum atomic E-state index is 12.2. The molecule has 0 aliphatic heterocycles. The fraction of sp³-hybridized carbons (Fsp3) is 0.556. The lowest BCUT2D eigenvalue weighted by Crippen LogP contribution is -2.38. The second-order valence-electron chi connectivity index (χ2n) is 6.57. The molecule has 0 spiro atoms. The molecule has 3 rings (SSSR count). The van der Waals surface area contributed by atoms with E-state index in [4.69, 9.17) is 5.73 Å². The van der Waals surface area contributed by atoms with Crippen molar-refractivity contribution >= 4 is 16.9 Å². The highest BCUT2D eigenvalue weighted by Crippen LogP contribution is 2.23. The lowest BCUT2D eigenvalue weighted by atomic mass is 9.85. The number of nitrogens with one attached hydrogen (secondary N) is 1. The number of benzene rings is 1. The summed E-state index contributed by atoms with van der Waals surface area (Å²) in [7, 11) is 0. The summed E-state index contributed by atoms with van der Waals surface area (Å²) in [6.07, 6.45) is 4.84. The minimum absolute atomic E-state index is 0.106. The summed E-state index contributed by atoms with van der Waals surface area (Å²) in [5.41, 5.74) is 8.16. The molecule has 2 unspecified atom stereocenters. The highest BCUT2D eigenvalue weighted by Gasteiger charge is 2.24. The minimum atomic E-state index is 0.106. The van der Waals surface area contributed by atoms with Crippen LogP contribution in [-0.2, 0) is 11.3 Å². The smallest absolute Gasteiger partial charge is 0.223 e. The summed E-state index contributed by atoms with van der Waals surface area (Å²) in [6, 6.07) is 8.37. The highest BCUT2D eigenvalue weighted by atomic mass is 16.1. The molecule has 5 heteroatoms. The molecular weight excluding hydrogens is 288 g/mol. The van der Waals surface area contributed by atoms with Gasteiger partial charge in [0.15, 0.2) is 0 Å². The SMILES string of the molecule is Cc1nc2ccccc2n1CCCNC(=O)C1CCCC(N)C1. The van der Waals surface area contributed by atoms with E-state index in [9.17, 15) is 4.79 Å². The van der Waals surface area contributed by atoms with Gasteiger partial charge in [-0.15, -0.1) is 0 Å². The number of hydrogen-bond donors (Lipinski definition) is 2. The fourth-order valence-electron chi connectivity index (χ4n) is 3.54. The molecule has 0 radical (unpaired) electrons. The van der Waals surface area contributed by atoms with Gasteiger partial charge < -0.3 is 15.6 Å². The molecule has 124 valence electrons. The van der Waals surface area contributed by atoms with Gasteiger partial charge in [0.1, 0.15) is 5.82 Å².